The molecular formula is C16H19N3O2S. The van der Waals surface area contributed by atoms with Crippen molar-refractivity contribution in [1.82, 2.24) is 10.2 Å². The molecule has 0 radical (unpaired) electrons. The van der Waals surface area contributed by atoms with Gasteiger partial charge in [0.05, 0.1) is 0 Å². The molecule has 0 unspecified atom stereocenters. The number of aryl methyl sites for hydroxylation is 1. The third-order valence-electron chi connectivity index (χ3n) is 2.74. The van der Waals surface area contributed by atoms with Gasteiger partial charge in [-0.25, -0.2) is 4.79 Å². The molecule has 2 rings (SSSR count). The van der Waals surface area contributed by atoms with Crippen LogP contribution in [0.15, 0.2) is 24.3 Å². The predicted octanol–water partition coefficient (Wildman–Crippen LogP) is 3.45. The first-order valence-corrected chi connectivity index (χ1v) is 7.67. The molecule has 6 heteroatoms. The lowest BCUT2D eigenvalue weighted by Crippen LogP contribution is -2.22. The van der Waals surface area contributed by atoms with Gasteiger partial charge in [-0.15, -0.1) is 10.2 Å². The lowest BCUT2D eigenvalue weighted by molar-refractivity contribution is -0.148. The summed E-state index contributed by atoms with van der Waals surface area (Å²) >= 11 is 1.35. The van der Waals surface area contributed by atoms with E-state index >= 15 is 0 Å². The van der Waals surface area contributed by atoms with Crippen LogP contribution in [0.25, 0.3) is 16.6 Å². The van der Waals surface area contributed by atoms with E-state index in [1.165, 1.54) is 17.4 Å². The highest BCUT2D eigenvalue weighted by Crippen LogP contribution is 2.28. The topological polar surface area (TPSA) is 78.1 Å². The molecule has 0 bridgehead atoms. The highest BCUT2D eigenvalue weighted by Gasteiger charge is 2.14. The molecule has 5 nitrogen and oxygen atoms in total. The minimum Gasteiger partial charge on any atom is -0.457 e. The van der Waals surface area contributed by atoms with E-state index in [1.54, 1.807) is 6.08 Å². The van der Waals surface area contributed by atoms with Crippen molar-refractivity contribution in [3.8, 4) is 10.6 Å². The van der Waals surface area contributed by atoms with Crippen LogP contribution in [0, 0.1) is 6.92 Å². The summed E-state index contributed by atoms with van der Waals surface area (Å²) in [5.74, 6) is -0.355. The van der Waals surface area contributed by atoms with Gasteiger partial charge in [0.2, 0.25) is 5.13 Å². The molecule has 2 N–H and O–H groups in total. The van der Waals surface area contributed by atoms with Crippen LogP contribution in [-0.4, -0.2) is 21.8 Å². The molecule has 1 aromatic heterocycles. The number of nitrogens with zero attached hydrogens (tertiary/aromatic N) is 2. The van der Waals surface area contributed by atoms with Crippen LogP contribution in [0.4, 0.5) is 5.13 Å². The molecule has 0 amide bonds. The Balaban J connectivity index is 2.14. The number of hydrogen-bond donors (Lipinski definition) is 1. The molecule has 0 aliphatic rings. The maximum Gasteiger partial charge on any atom is 0.331 e. The van der Waals surface area contributed by atoms with Crippen molar-refractivity contribution in [2.45, 2.75) is 33.3 Å². The second kappa shape index (κ2) is 6.27. The van der Waals surface area contributed by atoms with Gasteiger partial charge in [-0.1, -0.05) is 29.5 Å². The van der Waals surface area contributed by atoms with E-state index < -0.39 is 5.60 Å². The van der Waals surface area contributed by atoms with Gasteiger partial charge in [0.25, 0.3) is 0 Å². The summed E-state index contributed by atoms with van der Waals surface area (Å²) in [6.07, 6.45) is 3.17. The van der Waals surface area contributed by atoms with E-state index in [0.717, 1.165) is 21.7 Å². The summed E-state index contributed by atoms with van der Waals surface area (Å²) in [6, 6.07) is 5.85. The van der Waals surface area contributed by atoms with E-state index in [4.69, 9.17) is 10.5 Å². The van der Waals surface area contributed by atoms with Crippen LogP contribution in [0.2, 0.25) is 0 Å². The van der Waals surface area contributed by atoms with Crippen molar-refractivity contribution < 1.29 is 9.53 Å². The minimum atomic E-state index is -0.487. The van der Waals surface area contributed by atoms with Crippen LogP contribution in [0.1, 0.15) is 31.9 Å². The number of anilines is 1. The summed E-state index contributed by atoms with van der Waals surface area (Å²) in [7, 11) is 0. The minimum absolute atomic E-state index is 0.355. The van der Waals surface area contributed by atoms with Gasteiger partial charge in [0.15, 0.2) is 0 Å². The zero-order valence-electron chi connectivity index (χ0n) is 13.1. The van der Waals surface area contributed by atoms with Crippen LogP contribution in [0.3, 0.4) is 0 Å². The molecule has 0 saturated heterocycles. The number of ether oxygens (including phenoxy) is 1. The Bertz CT molecular complexity index is 714. The highest BCUT2D eigenvalue weighted by atomic mass is 32.1. The average Bonchev–Trinajstić information content (AvgIpc) is 2.81. The number of rotatable bonds is 3. The smallest absolute Gasteiger partial charge is 0.331 e. The van der Waals surface area contributed by atoms with Crippen molar-refractivity contribution in [2.24, 2.45) is 0 Å². The van der Waals surface area contributed by atoms with Gasteiger partial charge in [-0.05, 0) is 44.9 Å². The molecule has 22 heavy (non-hydrogen) atoms. The Morgan fingerprint density at radius 3 is 2.59 bits per heavy atom. The molecule has 0 aliphatic carbocycles. The first kappa shape index (κ1) is 16.2. The molecule has 116 valence electrons. The number of hydrogen-bond acceptors (Lipinski definition) is 6. The molecule has 1 aromatic carbocycles. The SMILES string of the molecule is Cc1cc(/C=C/C(=O)OC(C)(C)C)ccc1-c1nnc(N)s1. The number of carbonyl (C=O) groups is 1. The summed E-state index contributed by atoms with van der Waals surface area (Å²) in [6.45, 7) is 7.50. The average molecular weight is 317 g/mol. The van der Waals surface area contributed by atoms with Gasteiger partial charge in [0, 0.05) is 11.6 Å². The second-order valence-corrected chi connectivity index (χ2v) is 6.90. The van der Waals surface area contributed by atoms with Crippen molar-refractivity contribution in [3.63, 3.8) is 0 Å². The van der Waals surface area contributed by atoms with Gasteiger partial charge >= 0.3 is 5.97 Å². The Morgan fingerprint density at radius 2 is 2.05 bits per heavy atom. The molecule has 0 fully saturated rings. The molecule has 0 atom stereocenters. The highest BCUT2D eigenvalue weighted by molar-refractivity contribution is 7.18. The Hall–Kier alpha value is -2.21. The Kier molecular flexibility index (Phi) is 4.61. The van der Waals surface area contributed by atoms with Gasteiger partial charge < -0.3 is 10.5 Å². The third kappa shape index (κ3) is 4.39. The lowest BCUT2D eigenvalue weighted by atomic mass is 10.1. The predicted molar refractivity (Wildman–Crippen MR) is 89.4 cm³/mol. The number of nitrogens with two attached hydrogens (primary N) is 1. The maximum atomic E-state index is 11.7. The fourth-order valence-electron chi connectivity index (χ4n) is 1.87. The lowest BCUT2D eigenvalue weighted by Gasteiger charge is -2.17. The number of benzene rings is 1. The van der Waals surface area contributed by atoms with Crippen LogP contribution in [0.5, 0.6) is 0 Å². The molecular weight excluding hydrogens is 298 g/mol. The normalized spacial score (nSPS) is 11.8. The molecule has 2 aromatic rings. The van der Waals surface area contributed by atoms with E-state index in [-0.39, 0.29) is 5.97 Å². The molecule has 1 heterocycles. The van der Waals surface area contributed by atoms with Crippen LogP contribution < -0.4 is 5.73 Å². The monoisotopic (exact) mass is 317 g/mol. The van der Waals surface area contributed by atoms with E-state index in [2.05, 4.69) is 10.2 Å². The van der Waals surface area contributed by atoms with Crippen molar-refractivity contribution in [3.05, 3.63) is 35.4 Å². The van der Waals surface area contributed by atoms with Gasteiger partial charge in [-0.2, -0.15) is 0 Å². The fraction of sp³-hybridized carbons (Fsp3) is 0.312. The summed E-state index contributed by atoms with van der Waals surface area (Å²) in [4.78, 5) is 11.7. The fourth-order valence-corrected chi connectivity index (χ4v) is 2.57. The van der Waals surface area contributed by atoms with Gasteiger partial charge in [-0.3, -0.25) is 0 Å². The molecule has 0 spiro atoms. The maximum absolute atomic E-state index is 11.7. The number of nitrogen functional groups attached to an aromatic ring is 1. The molecule has 0 saturated carbocycles. The number of aromatic nitrogens is 2. The largest absolute Gasteiger partial charge is 0.457 e. The second-order valence-electron chi connectivity index (χ2n) is 5.89. The van der Waals surface area contributed by atoms with Crippen LogP contribution in [-0.2, 0) is 9.53 Å². The van der Waals surface area contributed by atoms with E-state index in [0.29, 0.717) is 5.13 Å². The zero-order valence-corrected chi connectivity index (χ0v) is 13.9. The van der Waals surface area contributed by atoms with E-state index in [9.17, 15) is 4.79 Å². The number of carbonyl (C=O) groups excluding carboxylic acids is 1. The van der Waals surface area contributed by atoms with Crippen molar-refractivity contribution >= 4 is 28.5 Å². The van der Waals surface area contributed by atoms with Crippen molar-refractivity contribution in [1.29, 1.82) is 0 Å². The summed E-state index contributed by atoms with van der Waals surface area (Å²) in [5.41, 5.74) is 8.08. The quantitative estimate of drug-likeness (QED) is 0.693. The Morgan fingerprint density at radius 1 is 1.32 bits per heavy atom. The van der Waals surface area contributed by atoms with E-state index in [1.807, 2.05) is 45.9 Å². The Labute approximate surface area is 133 Å². The first-order valence-electron chi connectivity index (χ1n) is 6.86. The third-order valence-corrected chi connectivity index (χ3v) is 3.53. The van der Waals surface area contributed by atoms with Crippen LogP contribution >= 0.6 is 11.3 Å². The molecule has 0 aliphatic heterocycles. The number of esters is 1. The first-order chi connectivity index (χ1) is 10.2. The zero-order chi connectivity index (χ0) is 16.3. The van der Waals surface area contributed by atoms with Crippen molar-refractivity contribution in [2.75, 3.05) is 5.73 Å². The van der Waals surface area contributed by atoms with Gasteiger partial charge in [0.1, 0.15) is 10.6 Å². The summed E-state index contributed by atoms with van der Waals surface area (Å²) in [5, 5.41) is 9.10. The standard InChI is InChI=1S/C16H19N3O2S/c1-10-9-11(6-8-13(20)21-16(2,3)4)5-7-12(10)14-18-19-15(17)22-14/h5-9H,1-4H3,(H2,17,19)/b8-6+. The summed E-state index contributed by atoms with van der Waals surface area (Å²) < 4.78 is 5.23.